The summed E-state index contributed by atoms with van der Waals surface area (Å²) >= 11 is 0. The zero-order valence-corrected chi connectivity index (χ0v) is 8.01. The van der Waals surface area contributed by atoms with E-state index >= 15 is 0 Å². The first-order valence-electron chi connectivity index (χ1n) is 4.80. The Morgan fingerprint density at radius 3 is 2.58 bits per heavy atom. The molecule has 0 aromatic rings. The van der Waals surface area contributed by atoms with Gasteiger partial charge in [0.2, 0.25) is 0 Å². The van der Waals surface area contributed by atoms with Gasteiger partial charge in [0.15, 0.2) is 0 Å². The maximum Gasteiger partial charge on any atom is 0.128 e. The summed E-state index contributed by atoms with van der Waals surface area (Å²) in [5.41, 5.74) is -0.813. The van der Waals surface area contributed by atoms with Crippen LogP contribution in [0.5, 0.6) is 0 Å². The normalized spacial score (nSPS) is 36.4. The molecule has 1 fully saturated rings. The largest absolute Gasteiger partial charge is 0.377 e. The molecule has 0 radical (unpaired) electrons. The Labute approximate surface area is 75.2 Å². The Bertz CT molecular complexity index is 190. The van der Waals surface area contributed by atoms with E-state index in [-0.39, 0.29) is 0 Å². The van der Waals surface area contributed by atoms with E-state index in [4.69, 9.17) is 6.42 Å². The van der Waals surface area contributed by atoms with Crippen molar-refractivity contribution >= 4 is 0 Å². The van der Waals surface area contributed by atoms with Gasteiger partial charge in [-0.1, -0.05) is 26.2 Å². The third-order valence-electron chi connectivity index (χ3n) is 2.99. The van der Waals surface area contributed by atoms with Crippen LogP contribution in [0.4, 0.5) is 0 Å². The summed E-state index contributed by atoms with van der Waals surface area (Å²) in [4.78, 5) is 0. The predicted molar refractivity (Wildman–Crippen MR) is 50.6 cm³/mol. The van der Waals surface area contributed by atoms with Gasteiger partial charge in [-0.05, 0) is 25.2 Å². The maximum atomic E-state index is 10.1. The van der Waals surface area contributed by atoms with Crippen molar-refractivity contribution in [1.82, 2.24) is 0 Å². The lowest BCUT2D eigenvalue weighted by molar-refractivity contribution is -0.0161. The zero-order valence-electron chi connectivity index (χ0n) is 8.01. The van der Waals surface area contributed by atoms with Crippen molar-refractivity contribution in [2.75, 3.05) is 0 Å². The molecule has 0 aliphatic heterocycles. The molecule has 1 nitrogen and oxygen atoms in total. The summed E-state index contributed by atoms with van der Waals surface area (Å²) in [6.45, 7) is 4.27. The van der Waals surface area contributed by atoms with Gasteiger partial charge in [-0.2, -0.15) is 0 Å². The van der Waals surface area contributed by atoms with Crippen LogP contribution >= 0.6 is 0 Å². The van der Waals surface area contributed by atoms with Crippen LogP contribution in [0.3, 0.4) is 0 Å². The zero-order chi connectivity index (χ0) is 9.19. The van der Waals surface area contributed by atoms with Gasteiger partial charge in [0.25, 0.3) is 0 Å². The van der Waals surface area contributed by atoms with Crippen LogP contribution in [0.1, 0.15) is 39.5 Å². The summed E-state index contributed by atoms with van der Waals surface area (Å²) < 4.78 is 0. The fourth-order valence-corrected chi connectivity index (χ4v) is 2.25. The first-order chi connectivity index (χ1) is 5.60. The molecule has 0 heterocycles. The van der Waals surface area contributed by atoms with Crippen LogP contribution in [0, 0.1) is 24.2 Å². The summed E-state index contributed by atoms with van der Waals surface area (Å²) in [5.74, 6) is 3.36. The van der Waals surface area contributed by atoms with E-state index in [1.807, 2.05) is 0 Å². The highest BCUT2D eigenvalue weighted by Crippen LogP contribution is 2.37. The van der Waals surface area contributed by atoms with Crippen molar-refractivity contribution < 1.29 is 5.11 Å². The predicted octanol–water partition coefficient (Wildman–Crippen LogP) is 2.20. The van der Waals surface area contributed by atoms with Crippen molar-refractivity contribution in [3.63, 3.8) is 0 Å². The number of terminal acetylenes is 1. The lowest BCUT2D eigenvalue weighted by Gasteiger charge is -2.38. The number of hydrogen-bond donors (Lipinski definition) is 1. The SMILES string of the molecule is C#CC1(O)CCCCC1C(C)C. The van der Waals surface area contributed by atoms with Crippen molar-refractivity contribution in [2.24, 2.45) is 11.8 Å². The standard InChI is InChI=1S/C11H18O/c1-4-11(12)8-6-5-7-10(11)9(2)3/h1,9-10,12H,5-8H2,2-3H3. The summed E-state index contributed by atoms with van der Waals surface area (Å²) in [6, 6.07) is 0. The van der Waals surface area contributed by atoms with Crippen LogP contribution in [0.2, 0.25) is 0 Å². The van der Waals surface area contributed by atoms with Gasteiger partial charge in [0, 0.05) is 5.92 Å². The van der Waals surface area contributed by atoms with E-state index in [2.05, 4.69) is 19.8 Å². The van der Waals surface area contributed by atoms with Crippen molar-refractivity contribution in [3.05, 3.63) is 0 Å². The minimum absolute atomic E-state index is 0.302. The van der Waals surface area contributed by atoms with Gasteiger partial charge in [-0.25, -0.2) is 0 Å². The monoisotopic (exact) mass is 166 g/mol. The fourth-order valence-electron chi connectivity index (χ4n) is 2.25. The molecule has 0 spiro atoms. The Morgan fingerprint density at radius 1 is 1.50 bits per heavy atom. The summed E-state index contributed by atoms with van der Waals surface area (Å²) in [7, 11) is 0. The lowest BCUT2D eigenvalue weighted by atomic mass is 9.71. The van der Waals surface area contributed by atoms with E-state index in [1.54, 1.807) is 0 Å². The Morgan fingerprint density at radius 2 is 2.17 bits per heavy atom. The molecule has 0 saturated heterocycles. The molecule has 2 atom stereocenters. The van der Waals surface area contributed by atoms with E-state index in [9.17, 15) is 5.11 Å². The highest BCUT2D eigenvalue weighted by atomic mass is 16.3. The molecule has 1 heteroatoms. The van der Waals surface area contributed by atoms with Crippen LogP contribution in [0.15, 0.2) is 0 Å². The molecule has 0 bridgehead atoms. The highest BCUT2D eigenvalue weighted by molar-refractivity contribution is 5.12. The highest BCUT2D eigenvalue weighted by Gasteiger charge is 2.38. The van der Waals surface area contributed by atoms with Crippen LogP contribution in [-0.4, -0.2) is 10.7 Å². The quantitative estimate of drug-likeness (QED) is 0.592. The molecular weight excluding hydrogens is 148 g/mol. The second-order valence-electron chi connectivity index (χ2n) is 4.16. The number of hydrogen-bond acceptors (Lipinski definition) is 1. The molecule has 0 aromatic carbocycles. The molecule has 2 unspecified atom stereocenters. The van der Waals surface area contributed by atoms with Crippen molar-refractivity contribution in [3.8, 4) is 12.3 Å². The molecule has 1 N–H and O–H groups in total. The molecule has 0 amide bonds. The fraction of sp³-hybridized carbons (Fsp3) is 0.818. The second-order valence-corrected chi connectivity index (χ2v) is 4.16. The van der Waals surface area contributed by atoms with Crippen LogP contribution in [0.25, 0.3) is 0 Å². The molecule has 1 aliphatic carbocycles. The Hall–Kier alpha value is -0.480. The molecular formula is C11H18O. The molecule has 1 saturated carbocycles. The van der Waals surface area contributed by atoms with E-state index in [0.717, 1.165) is 19.3 Å². The van der Waals surface area contributed by atoms with Gasteiger partial charge in [0.1, 0.15) is 5.60 Å². The lowest BCUT2D eigenvalue weighted by Crippen LogP contribution is -2.41. The first-order valence-corrected chi connectivity index (χ1v) is 4.80. The van der Waals surface area contributed by atoms with E-state index in [1.165, 1.54) is 6.42 Å². The number of aliphatic hydroxyl groups is 1. The maximum absolute atomic E-state index is 10.1. The minimum Gasteiger partial charge on any atom is -0.377 e. The van der Waals surface area contributed by atoms with Crippen molar-refractivity contribution in [1.29, 1.82) is 0 Å². The third kappa shape index (κ3) is 1.64. The Balaban J connectivity index is 2.75. The van der Waals surface area contributed by atoms with Crippen molar-refractivity contribution in [2.45, 2.75) is 45.1 Å². The van der Waals surface area contributed by atoms with Gasteiger partial charge in [-0.15, -0.1) is 6.42 Å². The van der Waals surface area contributed by atoms with Gasteiger partial charge >= 0.3 is 0 Å². The average molecular weight is 166 g/mol. The Kier molecular flexibility index (Phi) is 2.80. The second kappa shape index (κ2) is 3.49. The smallest absolute Gasteiger partial charge is 0.128 e. The first kappa shape index (κ1) is 9.61. The molecule has 12 heavy (non-hydrogen) atoms. The minimum atomic E-state index is -0.813. The summed E-state index contributed by atoms with van der Waals surface area (Å²) in [6.07, 6.45) is 9.52. The topological polar surface area (TPSA) is 20.2 Å². The van der Waals surface area contributed by atoms with Gasteiger partial charge < -0.3 is 5.11 Å². The number of rotatable bonds is 1. The molecule has 1 aliphatic rings. The van der Waals surface area contributed by atoms with Gasteiger partial charge in [-0.3, -0.25) is 0 Å². The van der Waals surface area contributed by atoms with Gasteiger partial charge in [0.05, 0.1) is 0 Å². The average Bonchev–Trinajstić information content (AvgIpc) is 2.05. The molecule has 0 aromatic heterocycles. The molecule has 68 valence electrons. The third-order valence-corrected chi connectivity index (χ3v) is 2.99. The van der Waals surface area contributed by atoms with Crippen LogP contribution < -0.4 is 0 Å². The molecule has 1 rings (SSSR count). The summed E-state index contributed by atoms with van der Waals surface area (Å²) in [5, 5.41) is 10.1. The van der Waals surface area contributed by atoms with Crippen LogP contribution in [-0.2, 0) is 0 Å². The van der Waals surface area contributed by atoms with E-state index < -0.39 is 5.60 Å². The van der Waals surface area contributed by atoms with E-state index in [0.29, 0.717) is 11.8 Å².